The molecule has 1 aromatic carbocycles. The number of allylic oxidation sites excluding steroid dienone is 2. The Morgan fingerprint density at radius 2 is 1.75 bits per heavy atom. The highest BCUT2D eigenvalue weighted by Gasteiger charge is 2.54. The van der Waals surface area contributed by atoms with E-state index in [0.29, 0.717) is 22.5 Å². The van der Waals surface area contributed by atoms with Crippen LogP contribution in [0.15, 0.2) is 57.3 Å². The molecule has 0 fully saturated rings. The summed E-state index contributed by atoms with van der Waals surface area (Å²) >= 11 is 9.57. The molecule has 0 spiro atoms. The summed E-state index contributed by atoms with van der Waals surface area (Å²) < 4.78 is 46.5. The van der Waals surface area contributed by atoms with Gasteiger partial charge < -0.3 is 17.6 Å². The fraction of sp³-hybridized carbons (Fsp3) is 0. The standard InChI is InChI=1S/C15H7BBr3F3N2/c17-9-7-8(1-2-10(9)20)15-11-3-5-13(18)23(11)16(21,22)24-12(15)4-6-14(24)19/h1-7H. The van der Waals surface area contributed by atoms with Gasteiger partial charge in [0.2, 0.25) is 4.62 Å². The number of fused-ring (bicyclic) bond motifs is 2. The van der Waals surface area contributed by atoms with Crippen LogP contribution in [-0.2, 0) is 0 Å². The molecule has 2 aliphatic rings. The van der Waals surface area contributed by atoms with E-state index in [2.05, 4.69) is 47.8 Å². The molecule has 4 rings (SSSR count). The second-order valence-corrected chi connectivity index (χ2v) is 7.89. The van der Waals surface area contributed by atoms with Crippen LogP contribution in [0, 0.1) is 5.82 Å². The van der Waals surface area contributed by atoms with E-state index < -0.39 is 12.8 Å². The van der Waals surface area contributed by atoms with Crippen molar-refractivity contribution in [2.45, 2.75) is 0 Å². The SMILES string of the molecule is Fc1ccc(C2=C3C=CC(Br)=[N+]3[B-](F)(F)n3c(Br)ccc32)cc1Br. The van der Waals surface area contributed by atoms with E-state index in [1.807, 2.05) is 0 Å². The Morgan fingerprint density at radius 1 is 1.00 bits per heavy atom. The lowest BCUT2D eigenvalue weighted by Gasteiger charge is -2.32. The quantitative estimate of drug-likeness (QED) is 0.436. The largest absolute Gasteiger partial charge is 0.738 e. The smallest absolute Gasteiger partial charge is 0.389 e. The summed E-state index contributed by atoms with van der Waals surface area (Å²) in [6.07, 6.45) is 3.22. The highest BCUT2D eigenvalue weighted by atomic mass is 79.9. The zero-order valence-electron chi connectivity index (χ0n) is 11.8. The molecule has 0 unspecified atom stereocenters. The zero-order chi connectivity index (χ0) is 17.2. The third-order valence-corrected chi connectivity index (χ3v) is 5.98. The van der Waals surface area contributed by atoms with Gasteiger partial charge in [0.1, 0.15) is 5.82 Å². The van der Waals surface area contributed by atoms with Gasteiger partial charge in [-0.05, 0) is 61.7 Å². The Kier molecular flexibility index (Phi) is 3.74. The molecule has 24 heavy (non-hydrogen) atoms. The number of hydrogen-bond donors (Lipinski definition) is 0. The minimum Gasteiger partial charge on any atom is -0.389 e. The van der Waals surface area contributed by atoms with Crippen molar-refractivity contribution in [2.24, 2.45) is 0 Å². The van der Waals surface area contributed by atoms with Crippen molar-refractivity contribution in [3.63, 3.8) is 0 Å². The first-order valence-electron chi connectivity index (χ1n) is 6.91. The summed E-state index contributed by atoms with van der Waals surface area (Å²) in [4.78, 5) is 0. The Hall–Kier alpha value is -1.06. The molecule has 0 N–H and O–H groups in total. The third-order valence-electron chi connectivity index (χ3n) is 4.08. The summed E-state index contributed by atoms with van der Waals surface area (Å²) in [5.74, 6) is -0.405. The molecule has 0 atom stereocenters. The van der Waals surface area contributed by atoms with Crippen LogP contribution in [0.1, 0.15) is 11.3 Å². The maximum Gasteiger partial charge on any atom is 0.738 e. The Bertz CT molecular complexity index is 992. The van der Waals surface area contributed by atoms with Crippen LogP contribution in [0.5, 0.6) is 0 Å². The average Bonchev–Trinajstić information content (AvgIpc) is 3.08. The van der Waals surface area contributed by atoms with Crippen molar-refractivity contribution in [2.75, 3.05) is 0 Å². The van der Waals surface area contributed by atoms with E-state index in [-0.39, 0.29) is 13.7 Å². The fourth-order valence-electron chi connectivity index (χ4n) is 3.08. The summed E-state index contributed by atoms with van der Waals surface area (Å²) in [6.45, 7) is -4.05. The van der Waals surface area contributed by atoms with E-state index in [0.717, 1.165) is 8.96 Å². The summed E-state index contributed by atoms with van der Waals surface area (Å²) in [7, 11) is 0. The predicted octanol–water partition coefficient (Wildman–Crippen LogP) is 5.52. The number of rotatable bonds is 1. The second-order valence-electron chi connectivity index (χ2n) is 5.41. The molecule has 0 saturated heterocycles. The van der Waals surface area contributed by atoms with Gasteiger partial charge in [-0.3, -0.25) is 0 Å². The van der Waals surface area contributed by atoms with Gasteiger partial charge in [-0.25, -0.2) is 4.39 Å². The van der Waals surface area contributed by atoms with Gasteiger partial charge in [0.25, 0.3) is 0 Å². The molecule has 2 nitrogen and oxygen atoms in total. The van der Waals surface area contributed by atoms with Gasteiger partial charge in [0, 0.05) is 33.8 Å². The molecular formula is C15H7BBr3F3N2. The van der Waals surface area contributed by atoms with Crippen LogP contribution in [0.25, 0.3) is 5.57 Å². The van der Waals surface area contributed by atoms with Crippen LogP contribution in [0.4, 0.5) is 13.0 Å². The van der Waals surface area contributed by atoms with Crippen molar-refractivity contribution in [1.29, 1.82) is 0 Å². The van der Waals surface area contributed by atoms with Gasteiger partial charge in [-0.2, -0.15) is 0 Å². The highest BCUT2D eigenvalue weighted by Crippen LogP contribution is 2.42. The molecule has 0 radical (unpaired) electrons. The van der Waals surface area contributed by atoms with Crippen molar-refractivity contribution in [3.8, 4) is 0 Å². The number of halogens is 6. The lowest BCUT2D eigenvalue weighted by molar-refractivity contribution is -0.358. The van der Waals surface area contributed by atoms with Crippen LogP contribution >= 0.6 is 47.8 Å². The molecule has 122 valence electrons. The van der Waals surface area contributed by atoms with E-state index in [4.69, 9.17) is 0 Å². The van der Waals surface area contributed by atoms with Gasteiger partial charge in [0.05, 0.1) is 14.6 Å². The van der Waals surface area contributed by atoms with Gasteiger partial charge in [0.15, 0.2) is 5.70 Å². The molecule has 1 aromatic heterocycles. The molecular weight excluding hydrogens is 516 g/mol. The predicted molar refractivity (Wildman–Crippen MR) is 99.0 cm³/mol. The van der Waals surface area contributed by atoms with Crippen LogP contribution in [-0.4, -0.2) is 20.6 Å². The van der Waals surface area contributed by atoms with Gasteiger partial charge >= 0.3 is 6.97 Å². The summed E-state index contributed by atoms with van der Waals surface area (Å²) in [5, 5.41) is 0. The Balaban J connectivity index is 2.10. The van der Waals surface area contributed by atoms with Crippen LogP contribution < -0.4 is 0 Å². The van der Waals surface area contributed by atoms with E-state index in [1.165, 1.54) is 6.07 Å². The maximum absolute atomic E-state index is 15.1. The first-order valence-corrected chi connectivity index (χ1v) is 9.29. The average molecular weight is 523 g/mol. The van der Waals surface area contributed by atoms with Crippen molar-refractivity contribution < 1.29 is 17.5 Å². The monoisotopic (exact) mass is 520 g/mol. The minimum atomic E-state index is -4.05. The van der Waals surface area contributed by atoms with Crippen molar-refractivity contribution in [1.82, 2.24) is 4.48 Å². The number of aromatic nitrogens is 1. The number of hydrogen-bond acceptors (Lipinski definition) is 0. The molecule has 3 heterocycles. The van der Waals surface area contributed by atoms with E-state index >= 15 is 8.63 Å². The summed E-state index contributed by atoms with van der Waals surface area (Å²) in [6, 6.07) is 7.72. The van der Waals surface area contributed by atoms with Gasteiger partial charge in [-0.1, -0.05) is 6.07 Å². The molecule has 0 bridgehead atoms. The molecule has 0 saturated carbocycles. The fourth-order valence-corrected chi connectivity index (χ4v) is 4.60. The Labute approximate surface area is 160 Å². The van der Waals surface area contributed by atoms with Gasteiger partial charge in [-0.15, -0.1) is 0 Å². The lowest BCUT2D eigenvalue weighted by atomic mass is 9.86. The number of nitrogens with zero attached hydrogens (tertiary/aromatic N) is 2. The minimum absolute atomic E-state index is 0.282. The lowest BCUT2D eigenvalue weighted by Crippen LogP contribution is -2.50. The highest BCUT2D eigenvalue weighted by molar-refractivity contribution is 9.18. The van der Waals surface area contributed by atoms with E-state index in [9.17, 15) is 4.39 Å². The topological polar surface area (TPSA) is 7.94 Å². The summed E-state index contributed by atoms with van der Waals surface area (Å²) in [5.41, 5.74) is 2.01. The molecule has 2 aromatic rings. The zero-order valence-corrected chi connectivity index (χ0v) is 16.5. The maximum atomic E-state index is 15.1. The molecule has 0 aliphatic carbocycles. The normalized spacial score (nSPS) is 18.2. The molecule has 9 heteroatoms. The third kappa shape index (κ3) is 2.17. The van der Waals surface area contributed by atoms with E-state index in [1.54, 1.807) is 36.4 Å². The van der Waals surface area contributed by atoms with Crippen LogP contribution in [0.2, 0.25) is 0 Å². The molecule has 2 aliphatic heterocycles. The first-order chi connectivity index (χ1) is 11.3. The Morgan fingerprint density at radius 3 is 2.46 bits per heavy atom. The van der Waals surface area contributed by atoms with Crippen molar-refractivity contribution >= 4 is 65.0 Å². The second kappa shape index (κ2) is 5.47. The van der Waals surface area contributed by atoms with Crippen molar-refractivity contribution in [3.05, 3.63) is 74.3 Å². The molecule has 0 amide bonds. The first kappa shape index (κ1) is 16.4. The van der Waals surface area contributed by atoms with Crippen LogP contribution in [0.3, 0.4) is 0 Å². The number of benzene rings is 1.